The highest BCUT2D eigenvalue weighted by atomic mass is 16.5. The van der Waals surface area contributed by atoms with Crippen molar-refractivity contribution in [3.8, 4) is 5.75 Å². The Morgan fingerprint density at radius 2 is 2.30 bits per heavy atom. The Labute approximate surface area is 137 Å². The van der Waals surface area contributed by atoms with Gasteiger partial charge in [0.25, 0.3) is 0 Å². The summed E-state index contributed by atoms with van der Waals surface area (Å²) in [4.78, 5) is 14.4. The Balaban J connectivity index is 1.52. The van der Waals surface area contributed by atoms with Gasteiger partial charge in [-0.05, 0) is 55.5 Å². The molecule has 5 nitrogen and oxygen atoms in total. The number of nitrogens with one attached hydrogen (secondary N) is 1. The zero-order valence-corrected chi connectivity index (χ0v) is 13.8. The minimum atomic E-state index is 0.0949. The molecule has 1 amide bonds. The van der Waals surface area contributed by atoms with E-state index in [1.165, 1.54) is 11.1 Å². The molecule has 2 aliphatic heterocycles. The maximum absolute atomic E-state index is 12.2. The molecule has 1 atom stereocenters. The molecule has 0 radical (unpaired) electrons. The lowest BCUT2D eigenvalue weighted by Gasteiger charge is -2.20. The van der Waals surface area contributed by atoms with E-state index < -0.39 is 0 Å². The van der Waals surface area contributed by atoms with Gasteiger partial charge >= 0.3 is 0 Å². The third kappa shape index (κ3) is 4.45. The van der Waals surface area contributed by atoms with E-state index in [0.717, 1.165) is 51.1 Å². The summed E-state index contributed by atoms with van der Waals surface area (Å²) >= 11 is 0. The highest BCUT2D eigenvalue weighted by molar-refractivity contribution is 5.78. The second-order valence-corrected chi connectivity index (χ2v) is 6.39. The molecule has 0 bridgehead atoms. The average Bonchev–Trinajstić information content (AvgIpc) is 3.00. The lowest BCUT2D eigenvalue weighted by Crippen LogP contribution is -2.40. The molecular formula is C18H26N2O3. The zero-order chi connectivity index (χ0) is 16.1. The molecule has 1 aromatic carbocycles. The molecule has 3 rings (SSSR count). The van der Waals surface area contributed by atoms with Crippen molar-refractivity contribution in [2.24, 2.45) is 0 Å². The van der Waals surface area contributed by atoms with E-state index in [-0.39, 0.29) is 12.0 Å². The summed E-state index contributed by atoms with van der Waals surface area (Å²) in [5.74, 6) is 1.00. The molecular weight excluding hydrogens is 292 g/mol. The minimum Gasteiger partial charge on any atom is -0.497 e. The molecule has 0 aromatic heterocycles. The predicted octanol–water partition coefficient (Wildman–Crippen LogP) is 1.74. The Morgan fingerprint density at radius 1 is 1.39 bits per heavy atom. The highest BCUT2D eigenvalue weighted by Crippen LogP contribution is 2.23. The number of nitrogens with zero attached hydrogens (tertiary/aromatic N) is 1. The Kier molecular flexibility index (Phi) is 5.51. The monoisotopic (exact) mass is 318 g/mol. The Bertz CT molecular complexity index is 541. The van der Waals surface area contributed by atoms with Crippen molar-refractivity contribution in [2.45, 2.75) is 38.3 Å². The second-order valence-electron chi connectivity index (χ2n) is 6.39. The standard InChI is InChI=1S/C18H26N2O3/c1-22-16-7-6-15-12-20(8-2-4-14(15)10-16)13-18(21)19-11-17-5-3-9-23-17/h6-7,10,17H,2-5,8-9,11-13H2,1H3,(H,19,21)/t17-/m0/s1. The SMILES string of the molecule is COc1ccc2c(c1)CCCN(CC(=O)NC[C@@H]1CCCO1)C2. The number of hydrogen-bond acceptors (Lipinski definition) is 4. The topological polar surface area (TPSA) is 50.8 Å². The van der Waals surface area contributed by atoms with Crippen LogP contribution in [0.4, 0.5) is 0 Å². The molecule has 126 valence electrons. The summed E-state index contributed by atoms with van der Waals surface area (Å²) in [6.07, 6.45) is 4.47. The van der Waals surface area contributed by atoms with Gasteiger partial charge in [-0.3, -0.25) is 9.69 Å². The first-order valence-corrected chi connectivity index (χ1v) is 8.51. The second kappa shape index (κ2) is 7.79. The number of benzene rings is 1. The van der Waals surface area contributed by atoms with Crippen LogP contribution in [-0.4, -0.2) is 50.3 Å². The van der Waals surface area contributed by atoms with Crippen molar-refractivity contribution in [3.05, 3.63) is 29.3 Å². The van der Waals surface area contributed by atoms with Crippen molar-refractivity contribution < 1.29 is 14.3 Å². The molecule has 1 aromatic rings. The van der Waals surface area contributed by atoms with Gasteiger partial charge in [-0.2, -0.15) is 0 Å². The van der Waals surface area contributed by atoms with Gasteiger partial charge < -0.3 is 14.8 Å². The fourth-order valence-electron chi connectivity index (χ4n) is 3.36. The molecule has 0 unspecified atom stereocenters. The minimum absolute atomic E-state index is 0.0949. The molecule has 2 aliphatic rings. The summed E-state index contributed by atoms with van der Waals surface area (Å²) in [5.41, 5.74) is 2.64. The Morgan fingerprint density at radius 3 is 3.09 bits per heavy atom. The van der Waals surface area contributed by atoms with Crippen LogP contribution >= 0.6 is 0 Å². The van der Waals surface area contributed by atoms with Gasteiger partial charge in [0.2, 0.25) is 5.91 Å². The van der Waals surface area contributed by atoms with Crippen molar-refractivity contribution in [2.75, 3.05) is 33.4 Å². The largest absolute Gasteiger partial charge is 0.497 e. The number of methoxy groups -OCH3 is 1. The number of carbonyl (C=O) groups is 1. The van der Waals surface area contributed by atoms with Gasteiger partial charge in [0.15, 0.2) is 0 Å². The number of hydrogen-bond donors (Lipinski definition) is 1. The van der Waals surface area contributed by atoms with E-state index in [1.807, 2.05) is 6.07 Å². The van der Waals surface area contributed by atoms with Crippen LogP contribution in [0.1, 0.15) is 30.4 Å². The number of aryl methyl sites for hydroxylation is 1. The van der Waals surface area contributed by atoms with Crippen LogP contribution in [0.25, 0.3) is 0 Å². The van der Waals surface area contributed by atoms with Gasteiger partial charge in [-0.15, -0.1) is 0 Å². The first kappa shape index (κ1) is 16.3. The summed E-state index contributed by atoms with van der Waals surface area (Å²) in [6.45, 7) is 3.70. The normalized spacial score (nSPS) is 21.5. The van der Waals surface area contributed by atoms with Gasteiger partial charge in [-0.25, -0.2) is 0 Å². The number of amides is 1. The van der Waals surface area contributed by atoms with Crippen LogP contribution in [0.5, 0.6) is 5.75 Å². The fourth-order valence-corrected chi connectivity index (χ4v) is 3.36. The van der Waals surface area contributed by atoms with Gasteiger partial charge in [0.1, 0.15) is 5.75 Å². The van der Waals surface area contributed by atoms with E-state index in [9.17, 15) is 4.79 Å². The zero-order valence-electron chi connectivity index (χ0n) is 13.8. The van der Waals surface area contributed by atoms with Crippen LogP contribution in [0, 0.1) is 0 Å². The number of carbonyl (C=O) groups excluding carboxylic acids is 1. The van der Waals surface area contributed by atoms with Gasteiger partial charge in [-0.1, -0.05) is 6.07 Å². The third-order valence-corrected chi connectivity index (χ3v) is 4.65. The van der Waals surface area contributed by atoms with Crippen LogP contribution in [-0.2, 0) is 22.5 Å². The van der Waals surface area contributed by atoms with E-state index in [1.54, 1.807) is 7.11 Å². The van der Waals surface area contributed by atoms with Gasteiger partial charge in [0.05, 0.1) is 19.8 Å². The quantitative estimate of drug-likeness (QED) is 0.898. The summed E-state index contributed by atoms with van der Waals surface area (Å²) in [6, 6.07) is 6.24. The summed E-state index contributed by atoms with van der Waals surface area (Å²) < 4.78 is 10.8. The lowest BCUT2D eigenvalue weighted by molar-refractivity contribution is -0.122. The highest BCUT2D eigenvalue weighted by Gasteiger charge is 2.19. The molecule has 0 aliphatic carbocycles. The van der Waals surface area contributed by atoms with Crippen molar-refractivity contribution in [3.63, 3.8) is 0 Å². The van der Waals surface area contributed by atoms with Crippen LogP contribution in [0.2, 0.25) is 0 Å². The Hall–Kier alpha value is -1.59. The number of rotatable bonds is 5. The maximum Gasteiger partial charge on any atom is 0.234 e. The smallest absolute Gasteiger partial charge is 0.234 e. The number of fused-ring (bicyclic) bond motifs is 1. The molecule has 1 saturated heterocycles. The first-order chi connectivity index (χ1) is 11.2. The molecule has 1 N–H and O–H groups in total. The average molecular weight is 318 g/mol. The van der Waals surface area contributed by atoms with Crippen molar-refractivity contribution in [1.82, 2.24) is 10.2 Å². The lowest BCUT2D eigenvalue weighted by atomic mass is 10.0. The predicted molar refractivity (Wildman–Crippen MR) is 88.6 cm³/mol. The molecule has 2 heterocycles. The molecule has 23 heavy (non-hydrogen) atoms. The van der Waals surface area contributed by atoms with E-state index in [4.69, 9.17) is 9.47 Å². The molecule has 1 fully saturated rings. The molecule has 0 saturated carbocycles. The van der Waals surface area contributed by atoms with E-state index in [2.05, 4.69) is 22.3 Å². The van der Waals surface area contributed by atoms with Gasteiger partial charge in [0, 0.05) is 19.7 Å². The maximum atomic E-state index is 12.2. The third-order valence-electron chi connectivity index (χ3n) is 4.65. The van der Waals surface area contributed by atoms with Crippen molar-refractivity contribution in [1.29, 1.82) is 0 Å². The van der Waals surface area contributed by atoms with E-state index in [0.29, 0.717) is 13.1 Å². The summed E-state index contributed by atoms with van der Waals surface area (Å²) in [7, 11) is 1.70. The first-order valence-electron chi connectivity index (χ1n) is 8.51. The molecule has 0 spiro atoms. The summed E-state index contributed by atoms with van der Waals surface area (Å²) in [5, 5.41) is 3.01. The van der Waals surface area contributed by atoms with Crippen LogP contribution in [0.15, 0.2) is 18.2 Å². The molecule has 5 heteroatoms. The number of ether oxygens (including phenoxy) is 2. The fraction of sp³-hybridized carbons (Fsp3) is 0.611. The van der Waals surface area contributed by atoms with E-state index >= 15 is 0 Å². The van der Waals surface area contributed by atoms with Crippen LogP contribution < -0.4 is 10.1 Å². The van der Waals surface area contributed by atoms with Crippen LogP contribution in [0.3, 0.4) is 0 Å². The van der Waals surface area contributed by atoms with Crippen molar-refractivity contribution >= 4 is 5.91 Å².